The van der Waals surface area contributed by atoms with Gasteiger partial charge in [-0.05, 0) is 28.1 Å². The van der Waals surface area contributed by atoms with Gasteiger partial charge in [0.05, 0.1) is 11.3 Å². The Morgan fingerprint density at radius 2 is 2.10 bits per heavy atom. The van der Waals surface area contributed by atoms with Crippen LogP contribution >= 0.6 is 15.9 Å². The predicted molar refractivity (Wildman–Crippen MR) is 75.0 cm³/mol. The van der Waals surface area contributed by atoms with Gasteiger partial charge in [-0.1, -0.05) is 6.07 Å². The van der Waals surface area contributed by atoms with E-state index in [1.54, 1.807) is 6.07 Å². The minimum Gasteiger partial charge on any atom is -0.478 e. The zero-order chi connectivity index (χ0) is 15.1. The fourth-order valence-electron chi connectivity index (χ4n) is 2.07. The number of hydrogen-bond donors (Lipinski definition) is 2. The molecule has 108 valence electrons. The number of nitrogens with two attached hydrogens (primary N) is 1. The van der Waals surface area contributed by atoms with E-state index in [4.69, 9.17) is 10.2 Å². The number of carboxylic acids is 1. The van der Waals surface area contributed by atoms with Gasteiger partial charge in [0.25, 0.3) is 0 Å². The van der Waals surface area contributed by atoms with Crippen LogP contribution in [-0.4, -0.2) is 37.2 Å². The van der Waals surface area contributed by atoms with Gasteiger partial charge in [-0.25, -0.2) is 18.4 Å². The number of benzene rings is 1. The van der Waals surface area contributed by atoms with Gasteiger partial charge in [-0.3, -0.25) is 4.79 Å². The highest BCUT2D eigenvalue weighted by atomic mass is 79.9. The number of hydrogen-bond acceptors (Lipinski definition) is 4. The summed E-state index contributed by atoms with van der Waals surface area (Å²) < 4.78 is 23.1. The lowest BCUT2D eigenvalue weighted by Crippen LogP contribution is -2.32. The standard InChI is InChI=1S/C11H11BrN2O5S/c12-8-3-1-2-7(11(16)17)10(8)14-5-6(4-9(14)15)20(13,18)19/h1-3,6H,4-5H2,(H,16,17)(H2,13,18,19). The van der Waals surface area contributed by atoms with E-state index in [1.807, 2.05) is 0 Å². The van der Waals surface area contributed by atoms with Crippen molar-refractivity contribution in [1.29, 1.82) is 0 Å². The Morgan fingerprint density at radius 3 is 2.60 bits per heavy atom. The molecule has 0 radical (unpaired) electrons. The maximum Gasteiger partial charge on any atom is 0.337 e. The summed E-state index contributed by atoms with van der Waals surface area (Å²) in [4.78, 5) is 24.3. The smallest absolute Gasteiger partial charge is 0.337 e. The molecule has 0 saturated carbocycles. The zero-order valence-corrected chi connectivity index (χ0v) is 12.5. The Bertz CT molecular complexity index is 688. The summed E-state index contributed by atoms with van der Waals surface area (Å²) in [5.74, 6) is -1.67. The molecular weight excluding hydrogens is 352 g/mol. The summed E-state index contributed by atoms with van der Waals surface area (Å²) in [6, 6.07) is 4.45. The first kappa shape index (κ1) is 14.9. The molecule has 1 atom stereocenters. The number of nitrogens with zero attached hydrogens (tertiary/aromatic N) is 1. The van der Waals surface area contributed by atoms with Crippen LogP contribution in [0.25, 0.3) is 0 Å². The van der Waals surface area contributed by atoms with Crippen LogP contribution in [0.2, 0.25) is 0 Å². The first-order chi connectivity index (χ1) is 9.21. The second-order valence-corrected chi connectivity index (χ2v) is 7.06. The monoisotopic (exact) mass is 362 g/mol. The third-order valence-electron chi connectivity index (χ3n) is 3.04. The first-order valence-corrected chi connectivity index (χ1v) is 7.96. The molecular formula is C11H11BrN2O5S. The van der Waals surface area contributed by atoms with E-state index in [0.29, 0.717) is 4.47 Å². The van der Waals surface area contributed by atoms with Crippen molar-refractivity contribution in [2.45, 2.75) is 11.7 Å². The Balaban J connectivity index is 2.48. The second-order valence-electron chi connectivity index (χ2n) is 4.36. The SMILES string of the molecule is NS(=O)(=O)C1CC(=O)N(c2c(Br)cccc2C(=O)O)C1. The van der Waals surface area contributed by atoms with Crippen molar-refractivity contribution < 1.29 is 23.1 Å². The number of carbonyl (C=O) groups is 2. The summed E-state index contributed by atoms with van der Waals surface area (Å²) in [6.07, 6.45) is -0.251. The van der Waals surface area contributed by atoms with E-state index in [1.165, 1.54) is 12.1 Å². The molecule has 20 heavy (non-hydrogen) atoms. The highest BCUT2D eigenvalue weighted by molar-refractivity contribution is 9.10. The van der Waals surface area contributed by atoms with Crippen molar-refractivity contribution in [2.75, 3.05) is 11.4 Å². The lowest BCUT2D eigenvalue weighted by atomic mass is 10.1. The largest absolute Gasteiger partial charge is 0.478 e. The topological polar surface area (TPSA) is 118 Å². The summed E-state index contributed by atoms with van der Waals surface area (Å²) in [5, 5.41) is 13.2. The normalized spacial score (nSPS) is 19.4. The molecule has 0 aromatic heterocycles. The van der Waals surface area contributed by atoms with Gasteiger partial charge >= 0.3 is 5.97 Å². The van der Waals surface area contributed by atoms with Crippen molar-refractivity contribution in [3.8, 4) is 0 Å². The van der Waals surface area contributed by atoms with Gasteiger partial charge in [-0.15, -0.1) is 0 Å². The average Bonchev–Trinajstić information content (AvgIpc) is 2.70. The van der Waals surface area contributed by atoms with Crippen molar-refractivity contribution >= 4 is 43.5 Å². The van der Waals surface area contributed by atoms with Gasteiger partial charge in [-0.2, -0.15) is 0 Å². The van der Waals surface area contributed by atoms with Crippen molar-refractivity contribution in [1.82, 2.24) is 0 Å². The summed E-state index contributed by atoms with van der Waals surface area (Å²) in [7, 11) is -3.85. The number of halogens is 1. The van der Waals surface area contributed by atoms with Crippen LogP contribution < -0.4 is 10.0 Å². The van der Waals surface area contributed by atoms with Crippen LogP contribution in [0.4, 0.5) is 5.69 Å². The van der Waals surface area contributed by atoms with E-state index in [-0.39, 0.29) is 24.2 Å². The second kappa shape index (κ2) is 5.15. The number of sulfonamides is 1. The van der Waals surface area contributed by atoms with E-state index in [9.17, 15) is 18.0 Å². The van der Waals surface area contributed by atoms with Gasteiger partial charge in [0.2, 0.25) is 15.9 Å². The van der Waals surface area contributed by atoms with Crippen LogP contribution in [0.15, 0.2) is 22.7 Å². The first-order valence-electron chi connectivity index (χ1n) is 5.55. The molecule has 7 nitrogen and oxygen atoms in total. The van der Waals surface area contributed by atoms with E-state index >= 15 is 0 Å². The Morgan fingerprint density at radius 1 is 1.45 bits per heavy atom. The van der Waals surface area contributed by atoms with Gasteiger partial charge in [0.1, 0.15) is 5.25 Å². The highest BCUT2D eigenvalue weighted by Crippen LogP contribution is 2.34. The van der Waals surface area contributed by atoms with E-state index < -0.39 is 27.1 Å². The minimum absolute atomic E-state index is 0.0807. The van der Waals surface area contributed by atoms with Crippen molar-refractivity contribution in [3.63, 3.8) is 0 Å². The molecule has 1 heterocycles. The maximum atomic E-state index is 12.0. The van der Waals surface area contributed by atoms with E-state index in [0.717, 1.165) is 4.90 Å². The minimum atomic E-state index is -3.85. The van der Waals surface area contributed by atoms with Crippen LogP contribution in [0.3, 0.4) is 0 Å². The number of amides is 1. The molecule has 1 aliphatic rings. The summed E-state index contributed by atoms with van der Waals surface area (Å²) in [5.41, 5.74) is 0.0685. The number of primary sulfonamides is 1. The van der Waals surface area contributed by atoms with Crippen LogP contribution in [0, 0.1) is 0 Å². The highest BCUT2D eigenvalue weighted by Gasteiger charge is 2.39. The fourth-order valence-corrected chi connectivity index (χ4v) is 3.39. The number of anilines is 1. The average molecular weight is 363 g/mol. The molecule has 0 aliphatic carbocycles. The van der Waals surface area contributed by atoms with Crippen molar-refractivity contribution in [2.24, 2.45) is 5.14 Å². The fraction of sp³-hybridized carbons (Fsp3) is 0.273. The van der Waals surface area contributed by atoms with Crippen LogP contribution in [0.5, 0.6) is 0 Å². The molecule has 0 bridgehead atoms. The molecule has 1 unspecified atom stereocenters. The zero-order valence-electron chi connectivity index (χ0n) is 10.1. The quantitative estimate of drug-likeness (QED) is 0.813. The molecule has 1 aromatic carbocycles. The van der Waals surface area contributed by atoms with Crippen LogP contribution in [0.1, 0.15) is 16.8 Å². The lowest BCUT2D eigenvalue weighted by molar-refractivity contribution is -0.117. The molecule has 9 heteroatoms. The molecule has 1 fully saturated rings. The number of carbonyl (C=O) groups excluding carboxylic acids is 1. The van der Waals surface area contributed by atoms with Gasteiger partial charge < -0.3 is 10.0 Å². The Hall–Kier alpha value is -1.45. The lowest BCUT2D eigenvalue weighted by Gasteiger charge is -2.20. The third kappa shape index (κ3) is 2.69. The summed E-state index contributed by atoms with van der Waals surface area (Å²) in [6.45, 7) is -0.152. The molecule has 1 aromatic rings. The van der Waals surface area contributed by atoms with E-state index in [2.05, 4.69) is 15.9 Å². The number of carboxylic acid groups (broad SMARTS) is 1. The number of para-hydroxylation sites is 1. The number of rotatable bonds is 3. The molecule has 1 aliphatic heterocycles. The number of aromatic carboxylic acids is 1. The molecule has 1 amide bonds. The molecule has 0 spiro atoms. The third-order valence-corrected chi connectivity index (χ3v) is 4.93. The molecule has 3 N–H and O–H groups in total. The summed E-state index contributed by atoms with van der Waals surface area (Å²) >= 11 is 3.19. The Labute approximate surface area is 123 Å². The maximum absolute atomic E-state index is 12.0. The molecule has 2 rings (SSSR count). The van der Waals surface area contributed by atoms with Gasteiger partial charge in [0.15, 0.2) is 0 Å². The Kier molecular flexibility index (Phi) is 3.85. The van der Waals surface area contributed by atoms with Crippen molar-refractivity contribution in [3.05, 3.63) is 28.2 Å². The predicted octanol–water partition coefficient (Wildman–Crippen LogP) is 0.541. The van der Waals surface area contributed by atoms with Gasteiger partial charge in [0, 0.05) is 17.4 Å². The molecule has 1 saturated heterocycles. The van der Waals surface area contributed by atoms with Crippen LogP contribution in [-0.2, 0) is 14.8 Å².